The molecule has 1 aromatic rings. The van der Waals surface area contributed by atoms with E-state index in [1.165, 1.54) is 51.4 Å². The van der Waals surface area contributed by atoms with Crippen LogP contribution in [-0.4, -0.2) is 73.7 Å². The Hall–Kier alpha value is -2.12. The van der Waals surface area contributed by atoms with Gasteiger partial charge >= 0.3 is 5.69 Å². The van der Waals surface area contributed by atoms with Crippen molar-refractivity contribution in [2.75, 3.05) is 73.7 Å². The molecule has 1 aromatic carbocycles. The van der Waals surface area contributed by atoms with Crippen molar-refractivity contribution in [1.82, 2.24) is 0 Å². The summed E-state index contributed by atoms with van der Waals surface area (Å²) in [6.45, 7) is 8.38. The molecule has 218 valence electrons. The Morgan fingerprint density at radius 2 is 1.21 bits per heavy atom. The van der Waals surface area contributed by atoms with Crippen LogP contribution < -0.4 is 14.2 Å². The van der Waals surface area contributed by atoms with Crippen molar-refractivity contribution in [2.45, 2.75) is 71.6 Å². The highest BCUT2D eigenvalue weighted by molar-refractivity contribution is 5.62. The lowest BCUT2D eigenvalue weighted by Gasteiger charge is -2.18. The number of unbranched alkanes of at least 4 members (excludes halogenated alkanes) is 7. The minimum Gasteiger partial charge on any atom is -0.489 e. The molecule has 0 aromatic heterocycles. The first-order chi connectivity index (χ1) is 18.7. The number of nitrogens with zero attached hydrogens (tertiary/aromatic N) is 2. The van der Waals surface area contributed by atoms with Gasteiger partial charge in [0, 0.05) is 14.2 Å². The Kier molecular flexibility index (Phi) is 21.4. The Balaban J connectivity index is 2.68. The third-order valence-electron chi connectivity index (χ3n) is 6.02. The summed E-state index contributed by atoms with van der Waals surface area (Å²) in [6.07, 6.45) is 11.5. The van der Waals surface area contributed by atoms with Crippen LogP contribution in [-0.2, 0) is 18.9 Å². The van der Waals surface area contributed by atoms with Crippen LogP contribution >= 0.6 is 0 Å². The monoisotopic (exact) mass is 539 g/mol. The first-order valence-electron chi connectivity index (χ1n) is 14.2. The van der Waals surface area contributed by atoms with E-state index >= 15 is 0 Å². The summed E-state index contributed by atoms with van der Waals surface area (Å²) in [6, 6.07) is 3.28. The van der Waals surface area contributed by atoms with Gasteiger partial charge in [-0.2, -0.15) is 0 Å². The fourth-order valence-corrected chi connectivity index (χ4v) is 3.82. The fraction of sp³-hybridized carbons (Fsp3) is 0.793. The number of methoxy groups -OCH3 is 2. The minimum absolute atomic E-state index is 0.299. The molecule has 0 unspecified atom stereocenters. The molecule has 0 aliphatic carbocycles. The summed E-state index contributed by atoms with van der Waals surface area (Å²) in [5.74, 6) is 1.76. The van der Waals surface area contributed by atoms with Crippen molar-refractivity contribution in [3.63, 3.8) is 0 Å². The molecule has 9 heteroatoms. The van der Waals surface area contributed by atoms with Gasteiger partial charge < -0.3 is 33.2 Å². The largest absolute Gasteiger partial charge is 0.489 e. The Morgan fingerprint density at radius 3 is 1.79 bits per heavy atom. The van der Waals surface area contributed by atoms with Crippen LogP contribution in [0.3, 0.4) is 0 Å². The fourth-order valence-electron chi connectivity index (χ4n) is 3.82. The molecule has 0 aliphatic heterocycles. The van der Waals surface area contributed by atoms with Crippen LogP contribution in [0.5, 0.6) is 17.2 Å². The summed E-state index contributed by atoms with van der Waals surface area (Å²) in [4.78, 5) is 3.35. The van der Waals surface area contributed by atoms with Gasteiger partial charge in [0.15, 0.2) is 16.5 Å². The molecule has 1 atom stereocenters. The summed E-state index contributed by atoms with van der Waals surface area (Å²) >= 11 is 0. The van der Waals surface area contributed by atoms with E-state index in [4.69, 9.17) is 33.2 Å². The van der Waals surface area contributed by atoms with Gasteiger partial charge in [-0.1, -0.05) is 65.2 Å². The van der Waals surface area contributed by atoms with E-state index < -0.39 is 0 Å². The van der Waals surface area contributed by atoms with Gasteiger partial charge in [0.05, 0.1) is 58.4 Å². The van der Waals surface area contributed by atoms with Crippen LogP contribution in [0.25, 0.3) is 4.98 Å². The van der Waals surface area contributed by atoms with E-state index in [1.807, 2.05) is 0 Å². The molecular formula is C29H51N2O7+. The lowest BCUT2D eigenvalue weighted by molar-refractivity contribution is 0.0492. The normalized spacial score (nSPS) is 11.8. The van der Waals surface area contributed by atoms with Crippen molar-refractivity contribution in [1.29, 1.82) is 5.39 Å². The van der Waals surface area contributed by atoms with Gasteiger partial charge in [0.25, 0.3) is 0 Å². The van der Waals surface area contributed by atoms with E-state index in [0.717, 1.165) is 6.42 Å². The topological polar surface area (TPSA) is 92.8 Å². The molecule has 0 saturated heterocycles. The van der Waals surface area contributed by atoms with Crippen molar-refractivity contribution in [3.8, 4) is 17.2 Å². The lowest BCUT2D eigenvalue weighted by Crippen LogP contribution is -2.14. The second-order valence-corrected chi connectivity index (χ2v) is 9.46. The predicted octanol–water partition coefficient (Wildman–Crippen LogP) is 6.80. The van der Waals surface area contributed by atoms with Gasteiger partial charge in [0.1, 0.15) is 13.2 Å². The lowest BCUT2D eigenvalue weighted by atomic mass is 10.0. The number of rotatable bonds is 26. The molecule has 0 spiro atoms. The average Bonchev–Trinajstić information content (AvgIpc) is 2.93. The predicted molar refractivity (Wildman–Crippen MR) is 149 cm³/mol. The number of benzene rings is 1. The molecule has 0 aliphatic rings. The second kappa shape index (κ2) is 24.0. The van der Waals surface area contributed by atoms with Gasteiger partial charge in [-0.25, -0.2) is 0 Å². The Bertz CT molecular complexity index is 742. The summed E-state index contributed by atoms with van der Waals surface area (Å²) in [5.41, 5.74) is 0.328. The molecule has 0 radical (unpaired) electrons. The van der Waals surface area contributed by atoms with Crippen molar-refractivity contribution in [2.24, 2.45) is 5.92 Å². The molecule has 0 bridgehead atoms. The third kappa shape index (κ3) is 16.7. The molecule has 9 nitrogen and oxygen atoms in total. The van der Waals surface area contributed by atoms with Crippen LogP contribution in [0.4, 0.5) is 5.69 Å². The molecule has 0 amide bonds. The smallest absolute Gasteiger partial charge is 0.392 e. The first kappa shape index (κ1) is 33.9. The van der Waals surface area contributed by atoms with Gasteiger partial charge in [-0.05, 0) is 12.3 Å². The standard InChI is InChI=1S/C29H51N2O7/c1-5-6-7-8-9-10-11-12-13-25(2)24-38-28-23-26(31-30)22-27(36-20-18-34-16-14-32-3)29(28)37-21-19-35-17-15-33-4/h22-23,25H,5-21,24H2,1-4H3/q+1/t25-/m0/s1. The van der Waals surface area contributed by atoms with E-state index in [0.29, 0.717) is 88.3 Å². The highest BCUT2D eigenvalue weighted by Gasteiger charge is 2.21. The molecule has 0 heterocycles. The summed E-state index contributed by atoms with van der Waals surface area (Å²) in [7, 11) is 3.26. The van der Waals surface area contributed by atoms with Crippen molar-refractivity contribution < 1.29 is 33.2 Å². The van der Waals surface area contributed by atoms with Crippen LogP contribution in [0.2, 0.25) is 0 Å². The highest BCUT2D eigenvalue weighted by Crippen LogP contribution is 2.42. The molecule has 1 rings (SSSR count). The molecule has 38 heavy (non-hydrogen) atoms. The van der Waals surface area contributed by atoms with Gasteiger partial charge in [-0.15, -0.1) is 0 Å². The zero-order valence-corrected chi connectivity index (χ0v) is 24.2. The number of hydrogen-bond acceptors (Lipinski definition) is 8. The van der Waals surface area contributed by atoms with Gasteiger partial charge in [-0.3, -0.25) is 0 Å². The van der Waals surface area contributed by atoms with Crippen LogP contribution in [0, 0.1) is 11.3 Å². The average molecular weight is 540 g/mol. The minimum atomic E-state index is 0.299. The second-order valence-electron chi connectivity index (χ2n) is 9.46. The maximum absolute atomic E-state index is 9.46. The van der Waals surface area contributed by atoms with E-state index in [9.17, 15) is 5.39 Å². The van der Waals surface area contributed by atoms with Gasteiger partial charge in [0.2, 0.25) is 11.1 Å². The maximum atomic E-state index is 9.46. The van der Waals surface area contributed by atoms with Crippen LogP contribution in [0.15, 0.2) is 12.1 Å². The maximum Gasteiger partial charge on any atom is 0.392 e. The van der Waals surface area contributed by atoms with E-state index in [-0.39, 0.29) is 0 Å². The van der Waals surface area contributed by atoms with E-state index in [2.05, 4.69) is 18.8 Å². The quantitative estimate of drug-likeness (QED) is 0.0937. The number of diazo groups is 1. The Morgan fingerprint density at radius 1 is 0.684 bits per heavy atom. The number of ether oxygens (including phenoxy) is 7. The van der Waals surface area contributed by atoms with Crippen LogP contribution in [0.1, 0.15) is 71.6 Å². The molecule has 0 saturated carbocycles. The first-order valence-corrected chi connectivity index (χ1v) is 14.2. The molecule has 0 fully saturated rings. The highest BCUT2D eigenvalue weighted by atomic mass is 16.6. The van der Waals surface area contributed by atoms with Crippen molar-refractivity contribution in [3.05, 3.63) is 17.1 Å². The van der Waals surface area contributed by atoms with E-state index in [1.54, 1.807) is 26.4 Å². The molecule has 0 N–H and O–H groups in total. The molecular weight excluding hydrogens is 488 g/mol. The third-order valence-corrected chi connectivity index (χ3v) is 6.02. The zero-order valence-electron chi connectivity index (χ0n) is 24.2. The van der Waals surface area contributed by atoms with Crippen molar-refractivity contribution >= 4 is 5.69 Å². The number of hydrogen-bond donors (Lipinski definition) is 0. The Labute approximate surface area is 230 Å². The summed E-state index contributed by atoms with van der Waals surface area (Å²) in [5, 5.41) is 9.46. The SMILES string of the molecule is CCCCCCCCCC[C@H](C)COc1cc([N+]#N)cc(OCCOCCOC)c1OCCOCCOC. The summed E-state index contributed by atoms with van der Waals surface area (Å²) < 4.78 is 39.1. The zero-order chi connectivity index (χ0) is 27.7.